The Kier molecular flexibility index (Phi) is 17.0. The Morgan fingerprint density at radius 3 is 1.91 bits per heavy atom. The highest BCUT2D eigenvalue weighted by Gasteiger charge is 1.85. The maximum atomic E-state index is 5.32. The lowest BCUT2D eigenvalue weighted by Crippen LogP contribution is -2.19. The highest BCUT2D eigenvalue weighted by atomic mass is 127. The zero-order valence-corrected chi connectivity index (χ0v) is 9.34. The molecule has 0 saturated carbocycles. The quantitative estimate of drug-likeness (QED) is 0.461. The molecule has 0 aromatic rings. The molecule has 0 amide bonds. The standard InChI is InChI=1S/C7H19N3.HI/c8-4-1-2-6-10-7-3-5-9;/h10H,1-9H2;1H. The van der Waals surface area contributed by atoms with Crippen molar-refractivity contribution in [1.82, 2.24) is 5.32 Å². The van der Waals surface area contributed by atoms with Gasteiger partial charge >= 0.3 is 0 Å². The summed E-state index contributed by atoms with van der Waals surface area (Å²) in [5, 5.41) is 3.29. The van der Waals surface area contributed by atoms with E-state index in [0.717, 1.165) is 39.0 Å². The zero-order chi connectivity index (χ0) is 7.66. The van der Waals surface area contributed by atoms with Gasteiger partial charge < -0.3 is 16.8 Å². The van der Waals surface area contributed by atoms with E-state index in [1.54, 1.807) is 0 Å². The zero-order valence-electron chi connectivity index (χ0n) is 7.01. The van der Waals surface area contributed by atoms with Gasteiger partial charge in [-0.1, -0.05) is 0 Å². The molecule has 70 valence electrons. The van der Waals surface area contributed by atoms with E-state index in [-0.39, 0.29) is 24.0 Å². The molecule has 0 aliphatic heterocycles. The number of unbranched alkanes of at least 4 members (excludes halogenated alkanes) is 1. The molecule has 0 spiro atoms. The maximum absolute atomic E-state index is 5.32. The molecule has 0 heterocycles. The molecule has 0 atom stereocenters. The van der Waals surface area contributed by atoms with Gasteiger partial charge in [0.1, 0.15) is 0 Å². The number of rotatable bonds is 7. The molecule has 5 N–H and O–H groups in total. The second-order valence-corrected chi connectivity index (χ2v) is 2.39. The van der Waals surface area contributed by atoms with E-state index in [0.29, 0.717) is 0 Å². The minimum Gasteiger partial charge on any atom is -0.330 e. The van der Waals surface area contributed by atoms with Crippen LogP contribution >= 0.6 is 24.0 Å². The monoisotopic (exact) mass is 273 g/mol. The van der Waals surface area contributed by atoms with Crippen molar-refractivity contribution in [2.24, 2.45) is 11.5 Å². The smallest absolute Gasteiger partial charge is 0.00369 e. The fourth-order valence-corrected chi connectivity index (χ4v) is 0.746. The summed E-state index contributed by atoms with van der Waals surface area (Å²) in [7, 11) is 0. The highest BCUT2D eigenvalue weighted by molar-refractivity contribution is 14.0. The van der Waals surface area contributed by atoms with Crippen LogP contribution in [0.25, 0.3) is 0 Å². The molecule has 0 radical (unpaired) electrons. The van der Waals surface area contributed by atoms with Gasteiger partial charge in [0.15, 0.2) is 0 Å². The van der Waals surface area contributed by atoms with E-state index in [2.05, 4.69) is 5.32 Å². The summed E-state index contributed by atoms with van der Waals surface area (Å²) < 4.78 is 0. The van der Waals surface area contributed by atoms with Gasteiger partial charge in [0, 0.05) is 0 Å². The fourth-order valence-electron chi connectivity index (χ4n) is 0.746. The lowest BCUT2D eigenvalue weighted by atomic mass is 10.3. The Bertz CT molecular complexity index is 53.6. The first kappa shape index (κ1) is 14.2. The summed E-state index contributed by atoms with van der Waals surface area (Å²) in [6, 6.07) is 0. The molecule has 0 bridgehead atoms. The Morgan fingerprint density at radius 2 is 1.36 bits per heavy atom. The van der Waals surface area contributed by atoms with E-state index in [1.807, 2.05) is 0 Å². The summed E-state index contributed by atoms with van der Waals surface area (Å²) in [5.74, 6) is 0. The van der Waals surface area contributed by atoms with Crippen molar-refractivity contribution >= 4 is 24.0 Å². The summed E-state index contributed by atoms with van der Waals surface area (Å²) in [6.45, 7) is 3.71. The molecule has 0 aromatic heterocycles. The molecule has 3 nitrogen and oxygen atoms in total. The van der Waals surface area contributed by atoms with Crippen LogP contribution in [0.4, 0.5) is 0 Å². The van der Waals surface area contributed by atoms with Crippen LogP contribution in [0.2, 0.25) is 0 Å². The largest absolute Gasteiger partial charge is 0.330 e. The lowest BCUT2D eigenvalue weighted by Gasteiger charge is -2.01. The molecule has 0 aliphatic carbocycles. The molecule has 4 heteroatoms. The molecular weight excluding hydrogens is 253 g/mol. The van der Waals surface area contributed by atoms with Crippen LogP contribution in [-0.2, 0) is 0 Å². The van der Waals surface area contributed by atoms with Crippen LogP contribution in [0.3, 0.4) is 0 Å². The minimum absolute atomic E-state index is 0. The van der Waals surface area contributed by atoms with Crippen molar-refractivity contribution in [3.05, 3.63) is 0 Å². The number of nitrogens with two attached hydrogens (primary N) is 2. The third-order valence-electron chi connectivity index (χ3n) is 1.37. The van der Waals surface area contributed by atoms with E-state index in [9.17, 15) is 0 Å². The molecule has 11 heavy (non-hydrogen) atoms. The Morgan fingerprint density at radius 1 is 0.818 bits per heavy atom. The van der Waals surface area contributed by atoms with E-state index >= 15 is 0 Å². The van der Waals surface area contributed by atoms with Gasteiger partial charge in [-0.05, 0) is 45.4 Å². The third-order valence-corrected chi connectivity index (χ3v) is 1.37. The fraction of sp³-hybridized carbons (Fsp3) is 1.00. The van der Waals surface area contributed by atoms with Crippen molar-refractivity contribution in [1.29, 1.82) is 0 Å². The van der Waals surface area contributed by atoms with Gasteiger partial charge in [0.05, 0.1) is 0 Å². The summed E-state index contributed by atoms with van der Waals surface area (Å²) in [5.41, 5.74) is 10.6. The van der Waals surface area contributed by atoms with E-state index in [1.165, 1.54) is 6.42 Å². The van der Waals surface area contributed by atoms with Crippen molar-refractivity contribution in [2.45, 2.75) is 19.3 Å². The number of hydrogen-bond acceptors (Lipinski definition) is 3. The van der Waals surface area contributed by atoms with Crippen LogP contribution in [0.15, 0.2) is 0 Å². The molecule has 0 rings (SSSR count). The first-order valence-electron chi connectivity index (χ1n) is 4.02. The Balaban J connectivity index is 0. The second kappa shape index (κ2) is 13.2. The van der Waals surface area contributed by atoms with Crippen LogP contribution in [0.1, 0.15) is 19.3 Å². The van der Waals surface area contributed by atoms with Gasteiger partial charge in [-0.2, -0.15) is 0 Å². The van der Waals surface area contributed by atoms with Crippen molar-refractivity contribution in [2.75, 3.05) is 26.2 Å². The molecule has 0 saturated heterocycles. The third kappa shape index (κ3) is 13.6. The minimum atomic E-state index is 0. The lowest BCUT2D eigenvalue weighted by molar-refractivity contribution is 0.611. The van der Waals surface area contributed by atoms with Crippen molar-refractivity contribution in [3.63, 3.8) is 0 Å². The predicted molar refractivity (Wildman–Crippen MR) is 60.2 cm³/mol. The molecular formula is C7H20IN3. The van der Waals surface area contributed by atoms with Gasteiger partial charge in [0.25, 0.3) is 0 Å². The van der Waals surface area contributed by atoms with Gasteiger partial charge in [-0.15, -0.1) is 24.0 Å². The van der Waals surface area contributed by atoms with Crippen LogP contribution < -0.4 is 16.8 Å². The molecule has 0 unspecified atom stereocenters. The Labute approximate surface area is 86.3 Å². The summed E-state index contributed by atoms with van der Waals surface area (Å²) in [6.07, 6.45) is 3.37. The molecule has 0 aliphatic rings. The van der Waals surface area contributed by atoms with Gasteiger partial charge in [-0.3, -0.25) is 0 Å². The number of halogens is 1. The topological polar surface area (TPSA) is 64.1 Å². The van der Waals surface area contributed by atoms with Gasteiger partial charge in [0.2, 0.25) is 0 Å². The average Bonchev–Trinajstić information content (AvgIpc) is 1.97. The first-order valence-corrected chi connectivity index (χ1v) is 4.02. The number of nitrogens with one attached hydrogen (secondary N) is 1. The normalized spacial score (nSPS) is 9.27. The second-order valence-electron chi connectivity index (χ2n) is 2.39. The summed E-state index contributed by atoms with van der Waals surface area (Å²) >= 11 is 0. The van der Waals surface area contributed by atoms with E-state index < -0.39 is 0 Å². The predicted octanol–water partition coefficient (Wildman–Crippen LogP) is 0.282. The summed E-state index contributed by atoms with van der Waals surface area (Å²) in [4.78, 5) is 0. The average molecular weight is 273 g/mol. The highest BCUT2D eigenvalue weighted by Crippen LogP contribution is 1.81. The van der Waals surface area contributed by atoms with Gasteiger partial charge in [-0.25, -0.2) is 0 Å². The maximum Gasteiger partial charge on any atom is -0.00369 e. The van der Waals surface area contributed by atoms with Crippen LogP contribution in [0, 0.1) is 0 Å². The molecule has 0 fully saturated rings. The first-order chi connectivity index (χ1) is 4.91. The van der Waals surface area contributed by atoms with E-state index in [4.69, 9.17) is 11.5 Å². The Hall–Kier alpha value is 0.610. The van der Waals surface area contributed by atoms with Crippen LogP contribution in [0.5, 0.6) is 0 Å². The van der Waals surface area contributed by atoms with Crippen LogP contribution in [-0.4, -0.2) is 26.2 Å². The number of hydrogen-bond donors (Lipinski definition) is 3. The van der Waals surface area contributed by atoms with Crippen molar-refractivity contribution < 1.29 is 0 Å². The SMILES string of the molecule is I.NCCCCNCCCN. The van der Waals surface area contributed by atoms with Crippen molar-refractivity contribution in [3.8, 4) is 0 Å². The molecule has 0 aromatic carbocycles.